The number of nitrogens with zero attached hydrogens (tertiary/aromatic N) is 2. The first-order valence-corrected chi connectivity index (χ1v) is 4.55. The lowest BCUT2D eigenvalue weighted by molar-refractivity contribution is 0.726. The molecule has 14 heavy (non-hydrogen) atoms. The molecule has 0 saturated heterocycles. The molecular formula is C12H12N2. The Morgan fingerprint density at radius 1 is 1.29 bits per heavy atom. The molecule has 2 heteroatoms. The maximum absolute atomic E-state index is 4.42. The highest BCUT2D eigenvalue weighted by atomic mass is 15.3. The van der Waals surface area contributed by atoms with E-state index in [9.17, 15) is 0 Å². The van der Waals surface area contributed by atoms with Crippen LogP contribution in [-0.2, 0) is 6.54 Å². The average Bonchev–Trinajstić information content (AvgIpc) is 2.58. The van der Waals surface area contributed by atoms with Crippen LogP contribution in [0.3, 0.4) is 0 Å². The Bertz CT molecular complexity index is 480. The molecule has 0 amide bonds. The Hall–Kier alpha value is -1.83. The lowest BCUT2D eigenvalue weighted by Crippen LogP contribution is -1.96. The van der Waals surface area contributed by atoms with Crippen molar-refractivity contribution in [2.45, 2.75) is 6.54 Å². The minimum Gasteiger partial charge on any atom is -0.260 e. The number of allylic oxidation sites excluding steroid dienone is 1. The third-order valence-electron chi connectivity index (χ3n) is 2.18. The normalized spacial score (nSPS) is 10.3. The van der Waals surface area contributed by atoms with E-state index in [1.807, 2.05) is 22.9 Å². The van der Waals surface area contributed by atoms with Crippen molar-refractivity contribution in [3.63, 3.8) is 0 Å². The molecule has 0 radical (unpaired) electrons. The number of benzene rings is 1. The van der Waals surface area contributed by atoms with E-state index in [4.69, 9.17) is 0 Å². The Kier molecular flexibility index (Phi) is 2.19. The Morgan fingerprint density at radius 2 is 2.07 bits per heavy atom. The monoisotopic (exact) mass is 184 g/mol. The van der Waals surface area contributed by atoms with Crippen molar-refractivity contribution >= 4 is 17.0 Å². The summed E-state index contributed by atoms with van der Waals surface area (Å²) in [4.78, 5) is 0. The van der Waals surface area contributed by atoms with Crippen LogP contribution >= 0.6 is 0 Å². The van der Waals surface area contributed by atoms with E-state index in [1.165, 1.54) is 0 Å². The van der Waals surface area contributed by atoms with E-state index in [1.54, 1.807) is 6.08 Å². The average molecular weight is 184 g/mol. The summed E-state index contributed by atoms with van der Waals surface area (Å²) in [7, 11) is 0. The number of hydrogen-bond acceptors (Lipinski definition) is 1. The molecule has 2 nitrogen and oxygen atoms in total. The SMILES string of the molecule is C=CCn1nc(C=C)c2ccccc21. The molecule has 0 aliphatic rings. The fourth-order valence-electron chi connectivity index (χ4n) is 1.57. The van der Waals surface area contributed by atoms with Gasteiger partial charge >= 0.3 is 0 Å². The molecule has 0 aliphatic heterocycles. The zero-order chi connectivity index (χ0) is 9.97. The Labute approximate surface area is 83.2 Å². The van der Waals surface area contributed by atoms with Crippen LogP contribution < -0.4 is 0 Å². The van der Waals surface area contributed by atoms with Gasteiger partial charge in [0.25, 0.3) is 0 Å². The second kappa shape index (κ2) is 3.50. The minimum atomic E-state index is 0.731. The first kappa shape index (κ1) is 8.75. The lowest BCUT2D eigenvalue weighted by atomic mass is 10.2. The largest absolute Gasteiger partial charge is 0.260 e. The van der Waals surface area contributed by atoms with Crippen LogP contribution in [0.4, 0.5) is 0 Å². The van der Waals surface area contributed by atoms with E-state index in [2.05, 4.69) is 30.4 Å². The molecular weight excluding hydrogens is 172 g/mol. The highest BCUT2D eigenvalue weighted by Crippen LogP contribution is 2.18. The van der Waals surface area contributed by atoms with Gasteiger partial charge in [-0.2, -0.15) is 5.10 Å². The minimum absolute atomic E-state index is 0.731. The second-order valence-electron chi connectivity index (χ2n) is 3.08. The third-order valence-corrected chi connectivity index (χ3v) is 2.18. The van der Waals surface area contributed by atoms with Gasteiger partial charge in [0, 0.05) is 5.39 Å². The van der Waals surface area contributed by atoms with Gasteiger partial charge in [-0.15, -0.1) is 6.58 Å². The van der Waals surface area contributed by atoms with Crippen LogP contribution in [-0.4, -0.2) is 9.78 Å². The van der Waals surface area contributed by atoms with Gasteiger partial charge in [-0.05, 0) is 12.1 Å². The molecule has 0 aliphatic carbocycles. The molecule has 0 bridgehead atoms. The van der Waals surface area contributed by atoms with Crippen LogP contribution in [0, 0.1) is 0 Å². The molecule has 0 fully saturated rings. The molecule has 0 N–H and O–H groups in total. The summed E-state index contributed by atoms with van der Waals surface area (Å²) in [5.74, 6) is 0. The molecule has 0 saturated carbocycles. The number of hydrogen-bond donors (Lipinski definition) is 0. The predicted molar refractivity (Wildman–Crippen MR) is 60.0 cm³/mol. The van der Waals surface area contributed by atoms with E-state index >= 15 is 0 Å². The van der Waals surface area contributed by atoms with Crippen molar-refractivity contribution in [1.29, 1.82) is 0 Å². The van der Waals surface area contributed by atoms with Crippen molar-refractivity contribution in [2.75, 3.05) is 0 Å². The Balaban J connectivity index is 2.72. The molecule has 1 heterocycles. The number of para-hydroxylation sites is 1. The first-order valence-electron chi connectivity index (χ1n) is 4.55. The molecule has 0 unspecified atom stereocenters. The van der Waals surface area contributed by atoms with Gasteiger partial charge < -0.3 is 0 Å². The number of rotatable bonds is 3. The van der Waals surface area contributed by atoms with Crippen molar-refractivity contribution < 1.29 is 0 Å². The van der Waals surface area contributed by atoms with Gasteiger partial charge in [-0.25, -0.2) is 0 Å². The topological polar surface area (TPSA) is 17.8 Å². The Morgan fingerprint density at radius 3 is 2.79 bits per heavy atom. The summed E-state index contributed by atoms with van der Waals surface area (Å²) in [6.07, 6.45) is 3.62. The molecule has 70 valence electrons. The fourth-order valence-corrected chi connectivity index (χ4v) is 1.57. The van der Waals surface area contributed by atoms with Gasteiger partial charge in [0.05, 0.1) is 17.8 Å². The summed E-state index contributed by atoms with van der Waals surface area (Å²) < 4.78 is 1.93. The van der Waals surface area contributed by atoms with E-state index in [-0.39, 0.29) is 0 Å². The molecule has 0 atom stereocenters. The van der Waals surface area contributed by atoms with Crippen LogP contribution in [0.25, 0.3) is 17.0 Å². The van der Waals surface area contributed by atoms with Gasteiger partial charge in [-0.3, -0.25) is 4.68 Å². The predicted octanol–water partition coefficient (Wildman–Crippen LogP) is 2.87. The van der Waals surface area contributed by atoms with E-state index in [0.717, 1.165) is 23.1 Å². The van der Waals surface area contributed by atoms with Crippen molar-refractivity contribution in [1.82, 2.24) is 9.78 Å². The highest BCUT2D eigenvalue weighted by Gasteiger charge is 2.05. The summed E-state index contributed by atoms with van der Waals surface area (Å²) in [6.45, 7) is 8.19. The maximum Gasteiger partial charge on any atom is 0.0924 e. The van der Waals surface area contributed by atoms with Crippen LogP contribution in [0.5, 0.6) is 0 Å². The number of aromatic nitrogens is 2. The van der Waals surface area contributed by atoms with Gasteiger partial charge in [-0.1, -0.05) is 30.9 Å². The van der Waals surface area contributed by atoms with Gasteiger partial charge in [0.2, 0.25) is 0 Å². The summed E-state index contributed by atoms with van der Waals surface area (Å²) in [6, 6.07) is 8.13. The summed E-state index contributed by atoms with van der Waals surface area (Å²) in [5, 5.41) is 5.57. The van der Waals surface area contributed by atoms with Crippen LogP contribution in [0.2, 0.25) is 0 Å². The standard InChI is InChI=1S/C12H12N2/c1-3-9-14-12-8-6-5-7-10(12)11(4-2)13-14/h3-8H,1-2,9H2. The quantitative estimate of drug-likeness (QED) is 0.671. The van der Waals surface area contributed by atoms with E-state index < -0.39 is 0 Å². The number of fused-ring (bicyclic) bond motifs is 1. The molecule has 0 spiro atoms. The second-order valence-corrected chi connectivity index (χ2v) is 3.08. The molecule has 2 aromatic rings. The smallest absolute Gasteiger partial charge is 0.0924 e. The molecule has 1 aromatic carbocycles. The summed E-state index contributed by atoms with van der Waals surface area (Å²) in [5.41, 5.74) is 2.06. The molecule has 2 rings (SSSR count). The molecule has 1 aromatic heterocycles. The van der Waals surface area contributed by atoms with Crippen LogP contribution in [0.1, 0.15) is 5.69 Å². The van der Waals surface area contributed by atoms with Crippen LogP contribution in [0.15, 0.2) is 43.5 Å². The lowest BCUT2D eigenvalue weighted by Gasteiger charge is -1.96. The fraction of sp³-hybridized carbons (Fsp3) is 0.0833. The third kappa shape index (κ3) is 1.25. The van der Waals surface area contributed by atoms with E-state index in [0.29, 0.717) is 0 Å². The van der Waals surface area contributed by atoms with Gasteiger partial charge in [0.15, 0.2) is 0 Å². The highest BCUT2D eigenvalue weighted by molar-refractivity contribution is 5.86. The zero-order valence-electron chi connectivity index (χ0n) is 7.98. The van der Waals surface area contributed by atoms with Crippen molar-refractivity contribution in [2.24, 2.45) is 0 Å². The first-order chi connectivity index (χ1) is 6.86. The zero-order valence-corrected chi connectivity index (χ0v) is 7.98. The van der Waals surface area contributed by atoms with Crippen molar-refractivity contribution in [3.05, 3.63) is 49.2 Å². The summed E-state index contributed by atoms with van der Waals surface area (Å²) >= 11 is 0. The van der Waals surface area contributed by atoms with Crippen molar-refractivity contribution in [3.8, 4) is 0 Å². The van der Waals surface area contributed by atoms with Gasteiger partial charge in [0.1, 0.15) is 0 Å². The maximum atomic E-state index is 4.42.